The van der Waals surface area contributed by atoms with Crippen molar-refractivity contribution in [1.29, 1.82) is 0 Å². The van der Waals surface area contributed by atoms with Gasteiger partial charge in [0.05, 0.1) is 25.4 Å². The first kappa shape index (κ1) is 12.1. The van der Waals surface area contributed by atoms with E-state index in [1.807, 2.05) is 0 Å². The summed E-state index contributed by atoms with van der Waals surface area (Å²) in [5.41, 5.74) is 3.02. The number of ether oxygens (including phenoxy) is 2. The van der Waals surface area contributed by atoms with Gasteiger partial charge < -0.3 is 9.47 Å². The Morgan fingerprint density at radius 2 is 2.19 bits per heavy atom. The molecule has 0 N–H and O–H groups in total. The van der Waals surface area contributed by atoms with Crippen LogP contribution < -0.4 is 0 Å². The summed E-state index contributed by atoms with van der Waals surface area (Å²) < 4.78 is 11.5. The van der Waals surface area contributed by atoms with Crippen molar-refractivity contribution in [3.05, 3.63) is 11.1 Å². The van der Waals surface area contributed by atoms with Crippen molar-refractivity contribution in [1.82, 2.24) is 0 Å². The third kappa shape index (κ3) is 2.86. The first-order valence-electron chi connectivity index (χ1n) is 6.57. The second kappa shape index (κ2) is 5.33. The molecule has 92 valence electrons. The van der Waals surface area contributed by atoms with E-state index in [9.17, 15) is 0 Å². The molecule has 0 aromatic carbocycles. The van der Waals surface area contributed by atoms with Crippen LogP contribution in [0.1, 0.15) is 46.5 Å². The zero-order valence-corrected chi connectivity index (χ0v) is 10.8. The molecule has 2 atom stereocenters. The molecule has 2 unspecified atom stereocenters. The van der Waals surface area contributed by atoms with Gasteiger partial charge in [-0.1, -0.05) is 19.4 Å². The smallest absolute Gasteiger partial charge is 0.0680 e. The minimum Gasteiger partial charge on any atom is -0.377 e. The summed E-state index contributed by atoms with van der Waals surface area (Å²) in [5, 5.41) is 0. The minimum atomic E-state index is 0.459. The Morgan fingerprint density at radius 3 is 2.75 bits per heavy atom. The van der Waals surface area contributed by atoms with E-state index >= 15 is 0 Å². The molecule has 2 aliphatic rings. The van der Waals surface area contributed by atoms with E-state index in [1.54, 1.807) is 0 Å². The molecule has 2 saturated heterocycles. The molecule has 2 aliphatic heterocycles. The third-order valence-electron chi connectivity index (χ3n) is 3.85. The molecule has 2 heterocycles. The first-order chi connectivity index (χ1) is 7.66. The summed E-state index contributed by atoms with van der Waals surface area (Å²) in [7, 11) is 0. The molecule has 2 nitrogen and oxygen atoms in total. The Kier molecular flexibility index (Phi) is 4.04. The fourth-order valence-corrected chi connectivity index (χ4v) is 2.66. The number of hydrogen-bond acceptors (Lipinski definition) is 2. The van der Waals surface area contributed by atoms with Gasteiger partial charge in [-0.05, 0) is 44.1 Å². The lowest BCUT2D eigenvalue weighted by Gasteiger charge is -2.17. The second-order valence-corrected chi connectivity index (χ2v) is 5.51. The zero-order valence-electron chi connectivity index (χ0n) is 10.8. The summed E-state index contributed by atoms with van der Waals surface area (Å²) in [4.78, 5) is 0. The molecule has 16 heavy (non-hydrogen) atoms. The molecule has 2 rings (SSSR count). The first-order valence-corrected chi connectivity index (χ1v) is 6.57. The standard InChI is InChI=1S/C14H24O2/c1-10(2)14-5-4-13(16-14)8-11(3)12-6-7-15-9-12/h10,13-14H,4-9H2,1-3H3/b12-11+. The van der Waals surface area contributed by atoms with E-state index in [1.165, 1.54) is 24.0 Å². The molecule has 2 heteroatoms. The van der Waals surface area contributed by atoms with Crippen LogP contribution in [-0.2, 0) is 9.47 Å². The van der Waals surface area contributed by atoms with E-state index in [4.69, 9.17) is 9.47 Å². The summed E-state index contributed by atoms with van der Waals surface area (Å²) in [6.45, 7) is 8.52. The van der Waals surface area contributed by atoms with Gasteiger partial charge >= 0.3 is 0 Å². The molecule has 0 amide bonds. The van der Waals surface area contributed by atoms with E-state index in [0.29, 0.717) is 18.1 Å². The topological polar surface area (TPSA) is 18.5 Å². The van der Waals surface area contributed by atoms with Crippen molar-refractivity contribution in [2.45, 2.75) is 58.7 Å². The predicted molar refractivity (Wildman–Crippen MR) is 65.5 cm³/mol. The summed E-state index contributed by atoms with van der Waals surface area (Å²) in [6.07, 6.45) is 5.66. The van der Waals surface area contributed by atoms with Gasteiger partial charge in [0.2, 0.25) is 0 Å². The van der Waals surface area contributed by atoms with Crippen molar-refractivity contribution in [3.8, 4) is 0 Å². The largest absolute Gasteiger partial charge is 0.377 e. The Hall–Kier alpha value is -0.340. The van der Waals surface area contributed by atoms with Crippen LogP contribution in [0.4, 0.5) is 0 Å². The molecular weight excluding hydrogens is 200 g/mol. The highest BCUT2D eigenvalue weighted by Gasteiger charge is 2.27. The monoisotopic (exact) mass is 224 g/mol. The number of hydrogen-bond donors (Lipinski definition) is 0. The molecule has 0 bridgehead atoms. The van der Waals surface area contributed by atoms with Crippen LogP contribution in [0.2, 0.25) is 0 Å². The SMILES string of the molecule is C/C(CC1CCC(C(C)C)O1)=C1/CCOC1. The van der Waals surface area contributed by atoms with Crippen molar-refractivity contribution < 1.29 is 9.47 Å². The van der Waals surface area contributed by atoms with Crippen LogP contribution in [-0.4, -0.2) is 25.4 Å². The fraction of sp³-hybridized carbons (Fsp3) is 0.857. The van der Waals surface area contributed by atoms with Gasteiger partial charge in [0.1, 0.15) is 0 Å². The van der Waals surface area contributed by atoms with Gasteiger partial charge in [0, 0.05) is 0 Å². The van der Waals surface area contributed by atoms with Gasteiger partial charge in [-0.15, -0.1) is 0 Å². The van der Waals surface area contributed by atoms with Gasteiger partial charge in [-0.2, -0.15) is 0 Å². The highest BCUT2D eigenvalue weighted by atomic mass is 16.5. The maximum Gasteiger partial charge on any atom is 0.0680 e. The number of rotatable bonds is 3. The van der Waals surface area contributed by atoms with Crippen LogP contribution in [0.25, 0.3) is 0 Å². The molecule has 0 saturated carbocycles. The average molecular weight is 224 g/mol. The molecular formula is C14H24O2. The molecule has 0 radical (unpaired) electrons. The summed E-state index contributed by atoms with van der Waals surface area (Å²) in [6, 6.07) is 0. The molecule has 0 aromatic heterocycles. The summed E-state index contributed by atoms with van der Waals surface area (Å²) in [5.74, 6) is 0.660. The maximum absolute atomic E-state index is 6.08. The minimum absolute atomic E-state index is 0.459. The van der Waals surface area contributed by atoms with Crippen molar-refractivity contribution in [2.75, 3.05) is 13.2 Å². The fourth-order valence-electron chi connectivity index (χ4n) is 2.66. The zero-order chi connectivity index (χ0) is 11.5. The summed E-state index contributed by atoms with van der Waals surface area (Å²) >= 11 is 0. The molecule has 0 spiro atoms. The van der Waals surface area contributed by atoms with Gasteiger partial charge in [0.15, 0.2) is 0 Å². The second-order valence-electron chi connectivity index (χ2n) is 5.51. The van der Waals surface area contributed by atoms with E-state index in [2.05, 4.69) is 20.8 Å². The predicted octanol–water partition coefficient (Wildman–Crippen LogP) is 3.32. The van der Waals surface area contributed by atoms with E-state index < -0.39 is 0 Å². The quantitative estimate of drug-likeness (QED) is 0.685. The van der Waals surface area contributed by atoms with Crippen LogP contribution in [0.3, 0.4) is 0 Å². The lowest BCUT2D eigenvalue weighted by atomic mass is 10.00. The van der Waals surface area contributed by atoms with Crippen LogP contribution >= 0.6 is 0 Å². The van der Waals surface area contributed by atoms with Crippen molar-refractivity contribution >= 4 is 0 Å². The Morgan fingerprint density at radius 1 is 1.38 bits per heavy atom. The van der Waals surface area contributed by atoms with Crippen LogP contribution in [0, 0.1) is 5.92 Å². The molecule has 2 fully saturated rings. The third-order valence-corrected chi connectivity index (χ3v) is 3.85. The molecule has 0 aromatic rings. The lowest BCUT2D eigenvalue weighted by molar-refractivity contribution is 0.0200. The van der Waals surface area contributed by atoms with Crippen LogP contribution in [0.5, 0.6) is 0 Å². The Balaban J connectivity index is 1.84. The van der Waals surface area contributed by atoms with Crippen molar-refractivity contribution in [2.24, 2.45) is 5.92 Å². The van der Waals surface area contributed by atoms with Gasteiger partial charge in [0.25, 0.3) is 0 Å². The Labute approximate surface area is 99.0 Å². The maximum atomic E-state index is 6.08. The van der Waals surface area contributed by atoms with Gasteiger partial charge in [-0.25, -0.2) is 0 Å². The van der Waals surface area contributed by atoms with E-state index in [0.717, 1.165) is 26.1 Å². The normalized spacial score (nSPS) is 33.8. The lowest BCUT2D eigenvalue weighted by Crippen LogP contribution is -2.16. The highest BCUT2D eigenvalue weighted by Crippen LogP contribution is 2.30. The van der Waals surface area contributed by atoms with Crippen LogP contribution in [0.15, 0.2) is 11.1 Å². The molecule has 0 aliphatic carbocycles. The Bertz CT molecular complexity index is 260. The highest BCUT2D eigenvalue weighted by molar-refractivity contribution is 5.16. The average Bonchev–Trinajstić information content (AvgIpc) is 2.87. The van der Waals surface area contributed by atoms with E-state index in [-0.39, 0.29) is 0 Å². The van der Waals surface area contributed by atoms with Gasteiger partial charge in [-0.3, -0.25) is 0 Å². The van der Waals surface area contributed by atoms with Crippen molar-refractivity contribution in [3.63, 3.8) is 0 Å².